The van der Waals surface area contributed by atoms with Gasteiger partial charge in [0.1, 0.15) is 0 Å². The summed E-state index contributed by atoms with van der Waals surface area (Å²) >= 11 is 0. The highest BCUT2D eigenvalue weighted by Gasteiger charge is 2.29. The van der Waals surface area contributed by atoms with Gasteiger partial charge in [-0.25, -0.2) is 0 Å². The van der Waals surface area contributed by atoms with Gasteiger partial charge in [-0.2, -0.15) is 0 Å². The normalized spacial score (nSPS) is 18.7. The molecule has 1 fully saturated rings. The zero-order chi connectivity index (χ0) is 20.9. The number of hydrogen-bond acceptors (Lipinski definition) is 5. The Morgan fingerprint density at radius 1 is 1.20 bits per heavy atom. The number of pyridine rings is 1. The molecule has 30 heavy (non-hydrogen) atoms. The smallest absolute Gasteiger partial charge is 0.231 e. The van der Waals surface area contributed by atoms with E-state index in [-0.39, 0.29) is 11.9 Å². The van der Waals surface area contributed by atoms with Crippen LogP contribution in [0.25, 0.3) is 0 Å². The summed E-state index contributed by atoms with van der Waals surface area (Å²) in [4.78, 5) is 18.8. The number of fused-ring (bicyclic) bond motifs is 1. The number of ether oxygens (including phenoxy) is 2. The van der Waals surface area contributed by atoms with Crippen molar-refractivity contribution in [2.45, 2.75) is 39.2 Å². The Hall–Kier alpha value is -2.60. The molecule has 6 nitrogen and oxygen atoms in total. The zero-order valence-electron chi connectivity index (χ0n) is 17.8. The molecular weight excluding hydrogens is 378 g/mol. The number of carbonyl (C=O) groups excluding carboxylic acids is 1. The van der Waals surface area contributed by atoms with E-state index in [1.54, 1.807) is 13.1 Å². The number of rotatable bonds is 7. The zero-order valence-corrected chi connectivity index (χ0v) is 17.8. The van der Waals surface area contributed by atoms with Gasteiger partial charge in [0.25, 0.3) is 0 Å². The first-order valence-electron chi connectivity index (χ1n) is 10.9. The van der Waals surface area contributed by atoms with Crippen molar-refractivity contribution >= 4 is 5.91 Å². The summed E-state index contributed by atoms with van der Waals surface area (Å²) in [6.07, 6.45) is 4.96. The van der Waals surface area contributed by atoms with Crippen LogP contribution < -0.4 is 14.8 Å². The van der Waals surface area contributed by atoms with Crippen LogP contribution >= 0.6 is 0 Å². The van der Waals surface area contributed by atoms with Crippen molar-refractivity contribution in [3.8, 4) is 11.5 Å². The van der Waals surface area contributed by atoms with Gasteiger partial charge in [-0.3, -0.25) is 9.78 Å². The van der Waals surface area contributed by atoms with E-state index in [1.807, 2.05) is 24.3 Å². The van der Waals surface area contributed by atoms with E-state index in [0.717, 1.165) is 56.1 Å². The van der Waals surface area contributed by atoms with Gasteiger partial charge >= 0.3 is 0 Å². The lowest BCUT2D eigenvalue weighted by molar-refractivity contribution is -0.120. The quantitative estimate of drug-likeness (QED) is 0.757. The van der Waals surface area contributed by atoms with E-state index < -0.39 is 0 Å². The number of aromatic nitrogens is 1. The molecule has 1 saturated heterocycles. The fourth-order valence-corrected chi connectivity index (χ4v) is 4.66. The Kier molecular flexibility index (Phi) is 6.53. The predicted molar refractivity (Wildman–Crippen MR) is 115 cm³/mol. The van der Waals surface area contributed by atoms with Crippen molar-refractivity contribution in [2.24, 2.45) is 11.8 Å². The van der Waals surface area contributed by atoms with Crippen LogP contribution in [-0.2, 0) is 11.2 Å². The molecule has 1 aromatic carbocycles. The standard InChI is InChI=1S/C24H31N3O3/c1-17(13-19-6-7-22-23(14-19)30-16-29-22)15-27-11-8-20(9-12-27)24(26-18(2)28)21-5-3-4-10-25-21/h3-7,10,14,17,20,24H,8-9,11-13,15-16H2,1-2H3,(H,26,28)/t17-,24-/m0/s1. The van der Waals surface area contributed by atoms with E-state index in [0.29, 0.717) is 18.6 Å². The van der Waals surface area contributed by atoms with Gasteiger partial charge in [0.2, 0.25) is 12.7 Å². The third-order valence-electron chi connectivity index (χ3n) is 6.06. The van der Waals surface area contributed by atoms with Crippen molar-refractivity contribution in [1.82, 2.24) is 15.2 Å². The van der Waals surface area contributed by atoms with E-state index >= 15 is 0 Å². The van der Waals surface area contributed by atoms with E-state index in [9.17, 15) is 4.79 Å². The summed E-state index contributed by atoms with van der Waals surface area (Å²) in [7, 11) is 0. The number of hydrogen-bond donors (Lipinski definition) is 1. The first kappa shape index (κ1) is 20.7. The predicted octanol–water partition coefficient (Wildman–Crippen LogP) is 3.58. The van der Waals surface area contributed by atoms with Gasteiger partial charge in [-0.1, -0.05) is 19.1 Å². The minimum absolute atomic E-state index is 0.00286. The molecule has 1 N–H and O–H groups in total. The number of nitrogens with zero attached hydrogens (tertiary/aromatic N) is 2. The van der Waals surface area contributed by atoms with E-state index in [2.05, 4.69) is 34.3 Å². The third-order valence-corrected chi connectivity index (χ3v) is 6.06. The molecule has 0 unspecified atom stereocenters. The lowest BCUT2D eigenvalue weighted by Gasteiger charge is -2.37. The Balaban J connectivity index is 1.29. The summed E-state index contributed by atoms with van der Waals surface area (Å²) in [5.41, 5.74) is 2.25. The highest BCUT2D eigenvalue weighted by atomic mass is 16.7. The average Bonchev–Trinajstić information content (AvgIpc) is 3.21. The Labute approximate surface area is 178 Å². The van der Waals surface area contributed by atoms with Gasteiger partial charge in [0.05, 0.1) is 11.7 Å². The van der Waals surface area contributed by atoms with Crippen LogP contribution in [-0.4, -0.2) is 42.2 Å². The fourth-order valence-electron chi connectivity index (χ4n) is 4.66. The van der Waals surface area contributed by atoms with Crippen LogP contribution in [0.4, 0.5) is 0 Å². The Morgan fingerprint density at radius 2 is 2.00 bits per heavy atom. The van der Waals surface area contributed by atoms with Gasteiger partial charge in [-0.15, -0.1) is 0 Å². The second-order valence-electron chi connectivity index (χ2n) is 8.57. The van der Waals surface area contributed by atoms with E-state index in [4.69, 9.17) is 9.47 Å². The van der Waals surface area contributed by atoms with Gasteiger partial charge < -0.3 is 19.7 Å². The molecule has 1 aromatic heterocycles. The second kappa shape index (κ2) is 9.47. The molecule has 160 valence electrons. The topological polar surface area (TPSA) is 63.7 Å². The Morgan fingerprint density at radius 3 is 2.73 bits per heavy atom. The van der Waals surface area contributed by atoms with Crippen molar-refractivity contribution < 1.29 is 14.3 Å². The van der Waals surface area contributed by atoms with E-state index in [1.165, 1.54) is 5.56 Å². The van der Waals surface area contributed by atoms with Crippen molar-refractivity contribution in [3.05, 3.63) is 53.9 Å². The molecule has 0 spiro atoms. The maximum absolute atomic E-state index is 11.8. The Bertz CT molecular complexity index is 850. The van der Waals surface area contributed by atoms with Crippen molar-refractivity contribution in [2.75, 3.05) is 26.4 Å². The molecule has 6 heteroatoms. The lowest BCUT2D eigenvalue weighted by atomic mass is 9.86. The minimum Gasteiger partial charge on any atom is -0.454 e. The molecular formula is C24H31N3O3. The molecule has 4 rings (SSSR count). The molecule has 0 saturated carbocycles. The molecule has 1 amide bonds. The lowest BCUT2D eigenvalue weighted by Crippen LogP contribution is -2.42. The highest BCUT2D eigenvalue weighted by Crippen LogP contribution is 2.34. The summed E-state index contributed by atoms with van der Waals surface area (Å²) in [5.74, 6) is 2.69. The summed E-state index contributed by atoms with van der Waals surface area (Å²) in [6.45, 7) is 7.41. The maximum atomic E-state index is 11.8. The first-order valence-corrected chi connectivity index (χ1v) is 10.9. The number of piperidine rings is 1. The molecule has 3 heterocycles. The maximum Gasteiger partial charge on any atom is 0.231 e. The molecule has 0 radical (unpaired) electrons. The molecule has 2 atom stereocenters. The van der Waals surface area contributed by atoms with Crippen LogP contribution in [0.15, 0.2) is 42.6 Å². The number of carbonyl (C=O) groups is 1. The molecule has 0 aliphatic carbocycles. The van der Waals surface area contributed by atoms with Crippen LogP contribution in [0.1, 0.15) is 44.0 Å². The largest absolute Gasteiger partial charge is 0.454 e. The molecule has 0 bridgehead atoms. The minimum atomic E-state index is -0.00286. The van der Waals surface area contributed by atoms with Gasteiger partial charge in [0.15, 0.2) is 11.5 Å². The summed E-state index contributed by atoms with van der Waals surface area (Å²) in [6, 6.07) is 12.2. The third kappa shape index (κ3) is 5.11. The average molecular weight is 410 g/mol. The van der Waals surface area contributed by atoms with Crippen LogP contribution in [0, 0.1) is 11.8 Å². The van der Waals surface area contributed by atoms with Crippen molar-refractivity contribution in [3.63, 3.8) is 0 Å². The first-order chi connectivity index (χ1) is 14.6. The van der Waals surface area contributed by atoms with Crippen LogP contribution in [0.5, 0.6) is 11.5 Å². The van der Waals surface area contributed by atoms with Gasteiger partial charge in [-0.05, 0) is 74.0 Å². The van der Waals surface area contributed by atoms with Crippen LogP contribution in [0.2, 0.25) is 0 Å². The fraction of sp³-hybridized carbons (Fsp3) is 0.500. The second-order valence-corrected chi connectivity index (χ2v) is 8.57. The summed E-state index contributed by atoms with van der Waals surface area (Å²) < 4.78 is 10.9. The summed E-state index contributed by atoms with van der Waals surface area (Å²) in [5, 5.41) is 3.13. The monoisotopic (exact) mass is 409 g/mol. The number of amides is 1. The van der Waals surface area contributed by atoms with Crippen molar-refractivity contribution in [1.29, 1.82) is 0 Å². The number of nitrogens with one attached hydrogen (secondary N) is 1. The number of benzene rings is 1. The molecule has 2 aromatic rings. The van der Waals surface area contributed by atoms with Gasteiger partial charge in [0, 0.05) is 19.7 Å². The highest BCUT2D eigenvalue weighted by molar-refractivity contribution is 5.73. The molecule has 2 aliphatic rings. The molecule has 2 aliphatic heterocycles. The SMILES string of the molecule is CC(=O)N[C@H](c1ccccn1)C1CCN(C[C@@H](C)Cc2ccc3c(c2)OCO3)CC1. The van der Waals surface area contributed by atoms with Crippen LogP contribution in [0.3, 0.4) is 0 Å². The number of likely N-dealkylation sites (tertiary alicyclic amines) is 1.